The zero-order valence-corrected chi connectivity index (χ0v) is 18.1. The predicted molar refractivity (Wildman–Crippen MR) is 110 cm³/mol. The van der Waals surface area contributed by atoms with Gasteiger partial charge < -0.3 is 14.6 Å². The Balaban J connectivity index is 1.79. The number of benzene rings is 1. The third kappa shape index (κ3) is 7.16. The molecule has 0 atom stereocenters. The number of ketones is 1. The number of rotatable bonds is 10. The van der Waals surface area contributed by atoms with Crippen molar-refractivity contribution in [2.24, 2.45) is 7.05 Å². The number of aromatic nitrogens is 3. The second-order valence-corrected chi connectivity index (χ2v) is 8.61. The van der Waals surface area contributed by atoms with E-state index in [0.717, 1.165) is 0 Å². The van der Waals surface area contributed by atoms with Crippen molar-refractivity contribution in [3.8, 4) is 5.75 Å². The Morgan fingerprint density at radius 2 is 1.93 bits per heavy atom. The Morgan fingerprint density at radius 3 is 2.57 bits per heavy atom. The summed E-state index contributed by atoms with van der Waals surface area (Å²) in [6.07, 6.45) is 0.640. The normalized spacial score (nSPS) is 11.3. The van der Waals surface area contributed by atoms with Gasteiger partial charge in [0.05, 0.1) is 0 Å². The zero-order valence-electron chi connectivity index (χ0n) is 16.5. The third-order valence-corrected chi connectivity index (χ3v) is 5.11. The number of hydrogen-bond donors (Lipinski definition) is 1. The summed E-state index contributed by atoms with van der Waals surface area (Å²) in [5.41, 5.74) is -0.537. The molecule has 0 saturated heterocycles. The molecule has 2 aromatic rings. The first kappa shape index (κ1) is 22.2. The van der Waals surface area contributed by atoms with Crippen LogP contribution in [-0.2, 0) is 23.2 Å². The van der Waals surface area contributed by atoms with Crippen LogP contribution in [0.1, 0.15) is 39.4 Å². The molecule has 0 unspecified atom stereocenters. The molecular weight excluding hydrogens is 400 g/mol. The third-order valence-electron chi connectivity index (χ3n) is 3.84. The Kier molecular flexibility index (Phi) is 7.88. The van der Waals surface area contributed by atoms with Crippen molar-refractivity contribution in [1.29, 1.82) is 0 Å². The molecule has 0 spiro atoms. The van der Waals surface area contributed by atoms with Gasteiger partial charge in [-0.05, 0) is 45.0 Å². The topological polar surface area (TPSA) is 86.1 Å². The first-order valence-corrected chi connectivity index (χ1v) is 10.2. The van der Waals surface area contributed by atoms with Crippen molar-refractivity contribution >= 4 is 35.1 Å². The van der Waals surface area contributed by atoms with Gasteiger partial charge in [-0.1, -0.05) is 23.4 Å². The van der Waals surface area contributed by atoms with Crippen LogP contribution in [0.2, 0.25) is 5.02 Å². The lowest BCUT2D eigenvalue weighted by molar-refractivity contribution is -0.123. The fourth-order valence-corrected chi connectivity index (χ4v) is 3.61. The molecule has 0 bridgehead atoms. The summed E-state index contributed by atoms with van der Waals surface area (Å²) in [6.45, 7) is 5.49. The number of nitrogens with zero attached hydrogens (tertiary/aromatic N) is 3. The molecule has 0 aliphatic rings. The van der Waals surface area contributed by atoms with E-state index in [9.17, 15) is 9.59 Å². The molecule has 28 heavy (non-hydrogen) atoms. The molecule has 0 saturated carbocycles. The summed E-state index contributed by atoms with van der Waals surface area (Å²) in [6, 6.07) is 7.11. The Hall–Kier alpha value is -2.06. The first-order valence-electron chi connectivity index (χ1n) is 8.86. The van der Waals surface area contributed by atoms with Crippen molar-refractivity contribution in [3.05, 3.63) is 35.1 Å². The minimum Gasteiger partial charge on any atom is -0.486 e. The highest BCUT2D eigenvalue weighted by Crippen LogP contribution is 2.19. The highest BCUT2D eigenvalue weighted by atomic mass is 35.5. The van der Waals surface area contributed by atoms with E-state index in [2.05, 4.69) is 15.5 Å². The van der Waals surface area contributed by atoms with Crippen LogP contribution in [0.25, 0.3) is 0 Å². The van der Waals surface area contributed by atoms with Gasteiger partial charge in [0.1, 0.15) is 18.1 Å². The fourth-order valence-electron chi connectivity index (χ4n) is 2.62. The quantitative estimate of drug-likeness (QED) is 0.588. The smallest absolute Gasteiger partial charge is 0.221 e. The van der Waals surface area contributed by atoms with Gasteiger partial charge >= 0.3 is 0 Å². The van der Waals surface area contributed by atoms with Crippen molar-refractivity contribution in [2.45, 2.75) is 50.9 Å². The second-order valence-electron chi connectivity index (χ2n) is 7.11. The Morgan fingerprint density at radius 1 is 1.25 bits per heavy atom. The van der Waals surface area contributed by atoms with Gasteiger partial charge in [0.2, 0.25) is 5.91 Å². The molecule has 1 amide bonds. The lowest BCUT2D eigenvalue weighted by Crippen LogP contribution is -2.44. The number of carbonyl (C=O) groups is 2. The molecule has 0 aliphatic carbocycles. The minimum atomic E-state index is -0.537. The average Bonchev–Trinajstić information content (AvgIpc) is 2.93. The van der Waals surface area contributed by atoms with Gasteiger partial charge in [0.25, 0.3) is 0 Å². The van der Waals surface area contributed by atoms with E-state index in [1.54, 1.807) is 24.3 Å². The van der Waals surface area contributed by atoms with E-state index < -0.39 is 5.54 Å². The number of halogens is 1. The van der Waals surface area contributed by atoms with Crippen LogP contribution >= 0.6 is 23.4 Å². The standard InChI is InChI=1S/C19H25ClN4O3S/c1-13(25)11-19(2,3)21-17(26)9-10-28-18-23-22-16(24(18)4)12-27-15-7-5-14(20)6-8-15/h5-8H,9-12H2,1-4H3,(H,21,26). The molecule has 2 rings (SSSR count). The number of ether oxygens (including phenoxy) is 1. The maximum Gasteiger partial charge on any atom is 0.221 e. The summed E-state index contributed by atoms with van der Waals surface area (Å²) in [7, 11) is 1.86. The summed E-state index contributed by atoms with van der Waals surface area (Å²) < 4.78 is 7.53. The van der Waals surface area contributed by atoms with Crippen LogP contribution in [-0.4, -0.2) is 37.7 Å². The van der Waals surface area contributed by atoms with Gasteiger partial charge in [0.15, 0.2) is 11.0 Å². The SMILES string of the molecule is CC(=O)CC(C)(C)NC(=O)CCSc1nnc(COc2ccc(Cl)cc2)n1C. The van der Waals surface area contributed by atoms with E-state index in [4.69, 9.17) is 16.3 Å². The summed E-state index contributed by atoms with van der Waals surface area (Å²) in [4.78, 5) is 23.3. The predicted octanol–water partition coefficient (Wildman–Crippen LogP) is 3.40. The summed E-state index contributed by atoms with van der Waals surface area (Å²) in [5, 5.41) is 12.5. The van der Waals surface area contributed by atoms with Crippen molar-refractivity contribution in [2.75, 3.05) is 5.75 Å². The van der Waals surface area contributed by atoms with Crippen molar-refractivity contribution < 1.29 is 14.3 Å². The van der Waals surface area contributed by atoms with Gasteiger partial charge in [-0.15, -0.1) is 10.2 Å². The van der Waals surface area contributed by atoms with Crippen LogP contribution in [0.4, 0.5) is 0 Å². The van der Waals surface area contributed by atoms with Crippen LogP contribution in [0.15, 0.2) is 29.4 Å². The first-order chi connectivity index (χ1) is 13.2. The Bertz CT molecular complexity index is 821. The number of amides is 1. The number of nitrogens with one attached hydrogen (secondary N) is 1. The van der Waals surface area contributed by atoms with Crippen LogP contribution < -0.4 is 10.1 Å². The van der Waals surface area contributed by atoms with E-state index in [0.29, 0.717) is 40.3 Å². The van der Waals surface area contributed by atoms with E-state index in [1.807, 2.05) is 25.5 Å². The van der Waals surface area contributed by atoms with E-state index in [-0.39, 0.29) is 18.3 Å². The van der Waals surface area contributed by atoms with Gasteiger partial charge in [-0.3, -0.25) is 9.59 Å². The van der Waals surface area contributed by atoms with Crippen LogP contribution in [0.3, 0.4) is 0 Å². The number of hydrogen-bond acceptors (Lipinski definition) is 6. The molecule has 9 heteroatoms. The molecule has 152 valence electrons. The molecule has 7 nitrogen and oxygen atoms in total. The minimum absolute atomic E-state index is 0.0482. The molecule has 1 aromatic heterocycles. The maximum absolute atomic E-state index is 12.1. The molecule has 0 radical (unpaired) electrons. The van der Waals surface area contributed by atoms with Gasteiger partial charge in [0, 0.05) is 36.2 Å². The lowest BCUT2D eigenvalue weighted by Gasteiger charge is -2.24. The molecule has 1 N–H and O–H groups in total. The van der Waals surface area contributed by atoms with Crippen molar-refractivity contribution in [3.63, 3.8) is 0 Å². The fraction of sp³-hybridized carbons (Fsp3) is 0.474. The zero-order chi connectivity index (χ0) is 20.7. The monoisotopic (exact) mass is 424 g/mol. The molecular formula is C19H25ClN4O3S. The number of Topliss-reactive ketones (excluding diaryl/α,β-unsaturated/α-hetero) is 1. The van der Waals surface area contributed by atoms with Crippen LogP contribution in [0.5, 0.6) is 5.75 Å². The van der Waals surface area contributed by atoms with Crippen molar-refractivity contribution in [1.82, 2.24) is 20.1 Å². The lowest BCUT2D eigenvalue weighted by atomic mass is 9.98. The number of carbonyl (C=O) groups excluding carboxylic acids is 2. The van der Waals surface area contributed by atoms with E-state index >= 15 is 0 Å². The highest BCUT2D eigenvalue weighted by Gasteiger charge is 2.22. The molecule has 1 heterocycles. The average molecular weight is 425 g/mol. The number of thioether (sulfide) groups is 1. The largest absolute Gasteiger partial charge is 0.486 e. The van der Waals surface area contributed by atoms with Crippen LogP contribution in [0, 0.1) is 0 Å². The Labute approximate surface area is 174 Å². The van der Waals surface area contributed by atoms with Gasteiger partial charge in [-0.2, -0.15) is 0 Å². The molecule has 1 aromatic carbocycles. The summed E-state index contributed by atoms with van der Waals surface area (Å²) in [5.74, 6) is 1.90. The highest BCUT2D eigenvalue weighted by molar-refractivity contribution is 7.99. The maximum atomic E-state index is 12.1. The second kappa shape index (κ2) is 9.93. The molecule has 0 fully saturated rings. The summed E-state index contributed by atoms with van der Waals surface area (Å²) >= 11 is 7.31. The molecule has 0 aliphatic heterocycles. The van der Waals surface area contributed by atoms with Gasteiger partial charge in [-0.25, -0.2) is 0 Å². The van der Waals surface area contributed by atoms with E-state index in [1.165, 1.54) is 18.7 Å².